The molecule has 0 amide bonds. The lowest BCUT2D eigenvalue weighted by molar-refractivity contribution is -0.125. The van der Waals surface area contributed by atoms with Crippen LogP contribution in [0.25, 0.3) is 0 Å². The molecular formula is C21H33N3O2. The maximum atomic E-state index is 12.3. The Balaban J connectivity index is 1.38. The molecule has 0 aromatic carbocycles. The third-order valence-corrected chi connectivity index (χ3v) is 5.79. The van der Waals surface area contributed by atoms with Crippen LogP contribution in [0.2, 0.25) is 0 Å². The molecule has 2 aliphatic rings. The second-order valence-corrected chi connectivity index (χ2v) is 7.89. The van der Waals surface area contributed by atoms with Gasteiger partial charge in [-0.15, -0.1) is 0 Å². The molecule has 0 bridgehead atoms. The van der Waals surface area contributed by atoms with Gasteiger partial charge in [0.05, 0.1) is 0 Å². The van der Waals surface area contributed by atoms with Crippen LogP contribution in [-0.4, -0.2) is 62.6 Å². The van der Waals surface area contributed by atoms with E-state index in [0.717, 1.165) is 77.2 Å². The van der Waals surface area contributed by atoms with Gasteiger partial charge in [-0.2, -0.15) is 0 Å². The van der Waals surface area contributed by atoms with E-state index in [1.165, 1.54) is 5.69 Å². The Morgan fingerprint density at radius 2 is 1.92 bits per heavy atom. The van der Waals surface area contributed by atoms with Crippen LogP contribution in [0.4, 0.5) is 5.82 Å². The average molecular weight is 360 g/mol. The van der Waals surface area contributed by atoms with Gasteiger partial charge in [0.15, 0.2) is 0 Å². The van der Waals surface area contributed by atoms with E-state index in [1.807, 2.05) is 14.1 Å². The van der Waals surface area contributed by atoms with Crippen molar-refractivity contribution in [3.63, 3.8) is 0 Å². The first-order valence-electron chi connectivity index (χ1n) is 10.1. The van der Waals surface area contributed by atoms with E-state index in [-0.39, 0.29) is 5.92 Å². The molecule has 0 spiro atoms. The molecule has 3 rings (SSSR count). The lowest BCUT2D eigenvalue weighted by atomic mass is 9.91. The third kappa shape index (κ3) is 5.27. The molecule has 0 unspecified atom stereocenters. The summed E-state index contributed by atoms with van der Waals surface area (Å²) in [6.45, 7) is 4.79. The van der Waals surface area contributed by atoms with Gasteiger partial charge in [0, 0.05) is 51.3 Å². The molecule has 0 atom stereocenters. The van der Waals surface area contributed by atoms with Gasteiger partial charge < -0.3 is 14.5 Å². The molecule has 3 heterocycles. The Labute approximate surface area is 157 Å². The molecule has 2 saturated heterocycles. The fourth-order valence-corrected chi connectivity index (χ4v) is 4.07. The first-order valence-corrected chi connectivity index (χ1v) is 10.1. The first-order chi connectivity index (χ1) is 12.6. The zero-order valence-electron chi connectivity index (χ0n) is 16.3. The predicted molar refractivity (Wildman–Crippen MR) is 105 cm³/mol. The number of carbonyl (C=O) groups is 1. The van der Waals surface area contributed by atoms with Gasteiger partial charge in [-0.25, -0.2) is 4.98 Å². The fourth-order valence-electron chi connectivity index (χ4n) is 4.07. The number of ether oxygens (including phenoxy) is 1. The molecule has 26 heavy (non-hydrogen) atoms. The molecule has 0 saturated carbocycles. The second-order valence-electron chi connectivity index (χ2n) is 7.89. The summed E-state index contributed by atoms with van der Waals surface area (Å²) in [6, 6.07) is 6.35. The molecule has 0 aliphatic carbocycles. The number of rotatable bonds is 7. The Morgan fingerprint density at radius 1 is 1.19 bits per heavy atom. The number of pyridine rings is 1. The number of Topliss-reactive ketones (excluding diaryl/α,β-unsaturated/α-hetero) is 1. The second kappa shape index (κ2) is 9.47. The molecule has 5 heteroatoms. The van der Waals surface area contributed by atoms with E-state index in [2.05, 4.69) is 28.0 Å². The van der Waals surface area contributed by atoms with Crippen LogP contribution >= 0.6 is 0 Å². The highest BCUT2D eigenvalue weighted by molar-refractivity contribution is 5.81. The number of ketones is 1. The molecule has 5 nitrogen and oxygen atoms in total. The molecule has 1 aromatic rings. The summed E-state index contributed by atoms with van der Waals surface area (Å²) in [6.07, 6.45) is 5.90. The SMILES string of the molecule is CN(C)c1cccc(C2CCN(CCCC(=O)C3CCOCC3)CC2)n1. The Hall–Kier alpha value is -1.46. The van der Waals surface area contributed by atoms with E-state index < -0.39 is 0 Å². The molecule has 0 radical (unpaired) electrons. The monoisotopic (exact) mass is 359 g/mol. The average Bonchev–Trinajstić information content (AvgIpc) is 2.69. The number of likely N-dealkylation sites (tertiary alicyclic amines) is 1. The number of anilines is 1. The van der Waals surface area contributed by atoms with Crippen LogP contribution < -0.4 is 4.90 Å². The molecule has 2 aliphatic heterocycles. The van der Waals surface area contributed by atoms with Crippen molar-refractivity contribution >= 4 is 11.6 Å². The smallest absolute Gasteiger partial charge is 0.136 e. The molecule has 0 N–H and O–H groups in total. The normalized spacial score (nSPS) is 20.2. The Morgan fingerprint density at radius 3 is 2.62 bits per heavy atom. The highest BCUT2D eigenvalue weighted by Crippen LogP contribution is 2.28. The summed E-state index contributed by atoms with van der Waals surface area (Å²) in [5.74, 6) is 2.31. The zero-order valence-corrected chi connectivity index (χ0v) is 16.3. The van der Waals surface area contributed by atoms with E-state index >= 15 is 0 Å². The van der Waals surface area contributed by atoms with Crippen molar-refractivity contribution in [2.24, 2.45) is 5.92 Å². The number of nitrogens with zero attached hydrogens (tertiary/aromatic N) is 3. The van der Waals surface area contributed by atoms with Crippen molar-refractivity contribution < 1.29 is 9.53 Å². The van der Waals surface area contributed by atoms with Crippen molar-refractivity contribution in [3.05, 3.63) is 23.9 Å². The minimum atomic E-state index is 0.254. The minimum absolute atomic E-state index is 0.254. The summed E-state index contributed by atoms with van der Waals surface area (Å²) in [5.41, 5.74) is 1.23. The molecule has 2 fully saturated rings. The standard InChI is InChI=1S/C21H33N3O2/c1-23(2)21-7-3-5-19(22-21)17-8-13-24(14-9-17)12-4-6-20(25)18-10-15-26-16-11-18/h3,5,7,17-18H,4,6,8-16H2,1-2H3. The molecular weight excluding hydrogens is 326 g/mol. The predicted octanol–water partition coefficient (Wildman–Crippen LogP) is 3.10. The van der Waals surface area contributed by atoms with Gasteiger partial charge in [0.25, 0.3) is 0 Å². The van der Waals surface area contributed by atoms with Crippen LogP contribution in [0, 0.1) is 5.92 Å². The fraction of sp³-hybridized carbons (Fsp3) is 0.714. The van der Waals surface area contributed by atoms with E-state index in [9.17, 15) is 4.79 Å². The van der Waals surface area contributed by atoms with E-state index in [1.54, 1.807) is 0 Å². The van der Waals surface area contributed by atoms with Crippen molar-refractivity contribution in [2.75, 3.05) is 51.8 Å². The highest BCUT2D eigenvalue weighted by atomic mass is 16.5. The van der Waals surface area contributed by atoms with Crippen molar-refractivity contribution in [1.29, 1.82) is 0 Å². The van der Waals surface area contributed by atoms with Crippen LogP contribution in [-0.2, 0) is 9.53 Å². The maximum Gasteiger partial charge on any atom is 0.136 e. The van der Waals surface area contributed by atoms with Gasteiger partial charge >= 0.3 is 0 Å². The van der Waals surface area contributed by atoms with Crippen LogP contribution in [0.3, 0.4) is 0 Å². The molecule has 144 valence electrons. The summed E-state index contributed by atoms with van der Waals surface area (Å²) < 4.78 is 5.35. The minimum Gasteiger partial charge on any atom is -0.381 e. The van der Waals surface area contributed by atoms with Gasteiger partial charge in [0.1, 0.15) is 11.6 Å². The highest BCUT2D eigenvalue weighted by Gasteiger charge is 2.23. The van der Waals surface area contributed by atoms with Crippen molar-refractivity contribution in [2.45, 2.75) is 44.4 Å². The Kier molecular flexibility index (Phi) is 7.03. The van der Waals surface area contributed by atoms with Gasteiger partial charge in [-0.3, -0.25) is 4.79 Å². The number of hydrogen-bond acceptors (Lipinski definition) is 5. The zero-order chi connectivity index (χ0) is 18.4. The summed E-state index contributed by atoms with van der Waals surface area (Å²) >= 11 is 0. The largest absolute Gasteiger partial charge is 0.381 e. The number of carbonyl (C=O) groups excluding carboxylic acids is 1. The molecule has 1 aromatic heterocycles. The maximum absolute atomic E-state index is 12.3. The van der Waals surface area contributed by atoms with Gasteiger partial charge in [-0.05, 0) is 63.9 Å². The van der Waals surface area contributed by atoms with Gasteiger partial charge in [0.2, 0.25) is 0 Å². The number of aromatic nitrogens is 1. The van der Waals surface area contributed by atoms with Crippen LogP contribution in [0.5, 0.6) is 0 Å². The quantitative estimate of drug-likeness (QED) is 0.748. The van der Waals surface area contributed by atoms with Crippen LogP contribution in [0.15, 0.2) is 18.2 Å². The summed E-state index contributed by atoms with van der Waals surface area (Å²) in [7, 11) is 4.08. The van der Waals surface area contributed by atoms with Crippen molar-refractivity contribution in [1.82, 2.24) is 9.88 Å². The number of piperidine rings is 1. The van der Waals surface area contributed by atoms with Gasteiger partial charge in [-0.1, -0.05) is 6.07 Å². The summed E-state index contributed by atoms with van der Waals surface area (Å²) in [5, 5.41) is 0. The topological polar surface area (TPSA) is 45.7 Å². The van der Waals surface area contributed by atoms with E-state index in [0.29, 0.717) is 11.7 Å². The summed E-state index contributed by atoms with van der Waals surface area (Å²) in [4.78, 5) is 21.7. The first kappa shape index (κ1) is 19.3. The third-order valence-electron chi connectivity index (χ3n) is 5.79. The van der Waals surface area contributed by atoms with Crippen molar-refractivity contribution in [3.8, 4) is 0 Å². The Bertz CT molecular complexity index is 576. The van der Waals surface area contributed by atoms with Crippen LogP contribution in [0.1, 0.15) is 50.1 Å². The number of hydrogen-bond donors (Lipinski definition) is 0. The lowest BCUT2D eigenvalue weighted by Crippen LogP contribution is -2.34. The van der Waals surface area contributed by atoms with E-state index in [4.69, 9.17) is 9.72 Å². The lowest BCUT2D eigenvalue weighted by Gasteiger charge is -2.32.